The molecule has 0 radical (unpaired) electrons. The molecule has 1 saturated heterocycles. The van der Waals surface area contributed by atoms with Crippen LogP contribution in [0.2, 0.25) is 5.02 Å². The van der Waals surface area contributed by atoms with Gasteiger partial charge in [-0.2, -0.15) is 0 Å². The van der Waals surface area contributed by atoms with Gasteiger partial charge in [-0.15, -0.1) is 0 Å². The van der Waals surface area contributed by atoms with E-state index < -0.39 is 0 Å². The zero-order chi connectivity index (χ0) is 20.1. The van der Waals surface area contributed by atoms with Crippen molar-refractivity contribution in [1.82, 2.24) is 4.90 Å². The second-order valence-electron chi connectivity index (χ2n) is 6.16. The number of thioether (sulfide) groups is 1. The number of thiocarbonyl (C=S) groups is 1. The lowest BCUT2D eigenvalue weighted by molar-refractivity contribution is -0.122. The van der Waals surface area contributed by atoms with Crippen LogP contribution in [0.1, 0.15) is 24.5 Å². The number of rotatable bonds is 6. The Morgan fingerprint density at radius 2 is 1.93 bits per heavy atom. The summed E-state index contributed by atoms with van der Waals surface area (Å²) in [5.41, 5.74) is 2.64. The third-order valence-corrected chi connectivity index (χ3v) is 6.02. The molecule has 3 rings (SSSR count). The first-order valence-electron chi connectivity index (χ1n) is 8.87. The molecule has 0 unspecified atom stereocenters. The summed E-state index contributed by atoms with van der Waals surface area (Å²) >= 11 is 12.7. The summed E-state index contributed by atoms with van der Waals surface area (Å²) in [4.78, 5) is 27.0. The second kappa shape index (κ2) is 9.37. The molecule has 2 amide bonds. The van der Waals surface area contributed by atoms with Gasteiger partial charge in [0.25, 0.3) is 5.91 Å². The van der Waals surface area contributed by atoms with Gasteiger partial charge in [0, 0.05) is 23.7 Å². The predicted octanol–water partition coefficient (Wildman–Crippen LogP) is 5.13. The lowest BCUT2D eigenvalue weighted by Gasteiger charge is -2.15. The molecular formula is C21H19ClN2O2S2. The van der Waals surface area contributed by atoms with Gasteiger partial charge in [0.2, 0.25) is 5.91 Å². The van der Waals surface area contributed by atoms with Crippen molar-refractivity contribution in [2.24, 2.45) is 0 Å². The highest BCUT2D eigenvalue weighted by Gasteiger charge is 2.32. The Kier molecular flexibility index (Phi) is 6.88. The lowest BCUT2D eigenvalue weighted by atomic mass is 10.1. The van der Waals surface area contributed by atoms with Crippen molar-refractivity contribution < 1.29 is 9.59 Å². The van der Waals surface area contributed by atoms with Crippen molar-refractivity contribution in [2.75, 3.05) is 11.9 Å². The smallest absolute Gasteiger partial charge is 0.266 e. The number of hydrogen-bond donors (Lipinski definition) is 1. The van der Waals surface area contributed by atoms with Crippen molar-refractivity contribution >= 4 is 63.5 Å². The normalized spacial score (nSPS) is 15.4. The van der Waals surface area contributed by atoms with Crippen LogP contribution in [0.4, 0.5) is 5.69 Å². The molecule has 0 saturated carbocycles. The number of carbonyl (C=O) groups is 2. The van der Waals surface area contributed by atoms with E-state index in [1.54, 1.807) is 12.1 Å². The van der Waals surface area contributed by atoms with Gasteiger partial charge >= 0.3 is 0 Å². The molecule has 0 atom stereocenters. The molecular weight excluding hydrogens is 412 g/mol. The van der Waals surface area contributed by atoms with Crippen LogP contribution < -0.4 is 5.32 Å². The summed E-state index contributed by atoms with van der Waals surface area (Å²) in [5, 5.41) is 3.49. The van der Waals surface area contributed by atoms with Crippen LogP contribution in [0.5, 0.6) is 0 Å². The van der Waals surface area contributed by atoms with Crippen LogP contribution in [0.25, 0.3) is 6.08 Å². The number of nitrogens with zero attached hydrogens (tertiary/aromatic N) is 1. The molecule has 0 aliphatic carbocycles. The van der Waals surface area contributed by atoms with Crippen molar-refractivity contribution in [1.29, 1.82) is 0 Å². The lowest BCUT2D eigenvalue weighted by Crippen LogP contribution is -2.31. The SMILES string of the molecule is CCc1ccccc1NC(=O)CCN1C(=O)/C(=C/c2ccccc2Cl)SC1=S. The van der Waals surface area contributed by atoms with Crippen LogP contribution in [0, 0.1) is 0 Å². The van der Waals surface area contributed by atoms with Gasteiger partial charge in [-0.1, -0.05) is 78.9 Å². The summed E-state index contributed by atoms with van der Waals surface area (Å²) in [6.45, 7) is 2.28. The van der Waals surface area contributed by atoms with Gasteiger partial charge in [0.05, 0.1) is 4.91 Å². The van der Waals surface area contributed by atoms with E-state index in [0.29, 0.717) is 14.2 Å². The molecule has 0 bridgehead atoms. The minimum absolute atomic E-state index is 0.148. The largest absolute Gasteiger partial charge is 0.326 e. The fourth-order valence-corrected chi connectivity index (χ4v) is 4.29. The maximum absolute atomic E-state index is 12.7. The molecule has 1 aliphatic rings. The number of para-hydroxylation sites is 1. The summed E-state index contributed by atoms with van der Waals surface area (Å²) in [5.74, 6) is -0.346. The standard InChI is InChI=1S/C21H19ClN2O2S2/c1-2-14-7-4-6-10-17(14)23-19(25)11-12-24-20(26)18(28-21(24)27)13-15-8-3-5-9-16(15)22/h3-10,13H,2,11-12H2,1H3,(H,23,25)/b18-13-. The van der Waals surface area contributed by atoms with E-state index >= 15 is 0 Å². The number of hydrogen-bond acceptors (Lipinski definition) is 4. The van der Waals surface area contributed by atoms with Crippen LogP contribution in [-0.2, 0) is 16.0 Å². The van der Waals surface area contributed by atoms with Crippen molar-refractivity contribution in [3.05, 3.63) is 69.6 Å². The molecule has 2 aromatic carbocycles. The first-order chi connectivity index (χ1) is 13.5. The molecule has 144 valence electrons. The van der Waals surface area contributed by atoms with Crippen LogP contribution in [0.3, 0.4) is 0 Å². The predicted molar refractivity (Wildman–Crippen MR) is 120 cm³/mol. The summed E-state index contributed by atoms with van der Waals surface area (Å²) in [7, 11) is 0. The fraction of sp³-hybridized carbons (Fsp3) is 0.190. The van der Waals surface area contributed by atoms with E-state index in [1.807, 2.05) is 49.4 Å². The topological polar surface area (TPSA) is 49.4 Å². The van der Waals surface area contributed by atoms with Gasteiger partial charge in [0.15, 0.2) is 0 Å². The Hall–Kier alpha value is -2.15. The molecule has 1 fully saturated rings. The first kappa shape index (κ1) is 20.6. The number of amides is 2. The van der Waals surface area contributed by atoms with Gasteiger partial charge in [-0.05, 0) is 35.8 Å². The number of halogens is 1. The van der Waals surface area contributed by atoms with E-state index in [2.05, 4.69) is 5.32 Å². The quantitative estimate of drug-likeness (QED) is 0.509. The summed E-state index contributed by atoms with van der Waals surface area (Å²) in [6.07, 6.45) is 2.74. The molecule has 0 spiro atoms. The van der Waals surface area contributed by atoms with Crippen LogP contribution in [-0.4, -0.2) is 27.6 Å². The van der Waals surface area contributed by atoms with E-state index in [-0.39, 0.29) is 24.8 Å². The average molecular weight is 431 g/mol. The van der Waals surface area contributed by atoms with E-state index in [1.165, 1.54) is 16.7 Å². The number of aryl methyl sites for hydroxylation is 1. The highest BCUT2D eigenvalue weighted by atomic mass is 35.5. The van der Waals surface area contributed by atoms with E-state index in [0.717, 1.165) is 23.2 Å². The molecule has 1 N–H and O–H groups in total. The zero-order valence-corrected chi connectivity index (χ0v) is 17.7. The molecule has 28 heavy (non-hydrogen) atoms. The first-order valence-corrected chi connectivity index (χ1v) is 10.5. The Morgan fingerprint density at radius 3 is 2.68 bits per heavy atom. The highest BCUT2D eigenvalue weighted by molar-refractivity contribution is 8.26. The molecule has 1 aliphatic heterocycles. The van der Waals surface area contributed by atoms with Crippen LogP contribution in [0.15, 0.2) is 53.4 Å². The van der Waals surface area contributed by atoms with E-state index in [4.69, 9.17) is 23.8 Å². The molecule has 2 aromatic rings. The average Bonchev–Trinajstić information content (AvgIpc) is 2.95. The Bertz CT molecular complexity index is 959. The Labute approximate surface area is 178 Å². The minimum Gasteiger partial charge on any atom is -0.326 e. The number of nitrogens with one attached hydrogen (secondary N) is 1. The monoisotopic (exact) mass is 430 g/mol. The fourth-order valence-electron chi connectivity index (χ4n) is 2.80. The van der Waals surface area contributed by atoms with Gasteiger partial charge in [-0.3, -0.25) is 14.5 Å². The maximum Gasteiger partial charge on any atom is 0.266 e. The van der Waals surface area contributed by atoms with Crippen molar-refractivity contribution in [3.63, 3.8) is 0 Å². The number of carbonyl (C=O) groups excluding carboxylic acids is 2. The third-order valence-electron chi connectivity index (χ3n) is 4.30. The number of anilines is 1. The van der Waals surface area contributed by atoms with Crippen molar-refractivity contribution in [2.45, 2.75) is 19.8 Å². The number of benzene rings is 2. The van der Waals surface area contributed by atoms with Gasteiger partial charge < -0.3 is 5.32 Å². The van der Waals surface area contributed by atoms with Crippen LogP contribution >= 0.6 is 35.6 Å². The summed E-state index contributed by atoms with van der Waals surface area (Å²) in [6, 6.07) is 15.0. The third kappa shape index (κ3) is 4.82. The molecule has 1 heterocycles. The Morgan fingerprint density at radius 1 is 1.21 bits per heavy atom. The maximum atomic E-state index is 12.7. The molecule has 7 heteroatoms. The Balaban J connectivity index is 1.63. The zero-order valence-electron chi connectivity index (χ0n) is 15.3. The second-order valence-corrected chi connectivity index (χ2v) is 8.25. The van der Waals surface area contributed by atoms with Gasteiger partial charge in [0.1, 0.15) is 4.32 Å². The van der Waals surface area contributed by atoms with E-state index in [9.17, 15) is 9.59 Å². The van der Waals surface area contributed by atoms with Gasteiger partial charge in [-0.25, -0.2) is 0 Å². The highest BCUT2D eigenvalue weighted by Crippen LogP contribution is 2.33. The summed E-state index contributed by atoms with van der Waals surface area (Å²) < 4.78 is 0.449. The van der Waals surface area contributed by atoms with Crippen molar-refractivity contribution in [3.8, 4) is 0 Å². The molecule has 4 nitrogen and oxygen atoms in total. The minimum atomic E-state index is -0.198. The molecule has 0 aromatic heterocycles.